The normalized spacial score (nSPS) is 12.2. The van der Waals surface area contributed by atoms with Gasteiger partial charge in [-0.3, -0.25) is 9.59 Å². The van der Waals surface area contributed by atoms with Crippen molar-refractivity contribution in [2.75, 3.05) is 13.2 Å². The van der Waals surface area contributed by atoms with Crippen LogP contribution in [-0.2, 0) is 16.0 Å². The third kappa shape index (κ3) is 7.91. The second-order valence-corrected chi connectivity index (χ2v) is 9.09. The molecule has 2 aromatic rings. The quantitative estimate of drug-likeness (QED) is 0.604. The molecule has 0 heterocycles. The van der Waals surface area contributed by atoms with E-state index in [0.29, 0.717) is 30.2 Å². The lowest BCUT2D eigenvalue weighted by Gasteiger charge is -2.33. The number of ether oxygens (including phenoxy) is 1. The SMILES string of the molecule is CC[C@H](C(=O)NC(C)(C)C)N(CCc1ccccc1)C(=O)COc1ccc(Cl)c(C)c1. The van der Waals surface area contributed by atoms with Crippen LogP contribution in [0.25, 0.3) is 0 Å². The van der Waals surface area contributed by atoms with Crippen LogP contribution >= 0.6 is 11.6 Å². The van der Waals surface area contributed by atoms with Gasteiger partial charge in [0.2, 0.25) is 5.91 Å². The van der Waals surface area contributed by atoms with Gasteiger partial charge < -0.3 is 15.0 Å². The second-order valence-electron chi connectivity index (χ2n) is 8.69. The second kappa shape index (κ2) is 11.2. The third-order valence-electron chi connectivity index (χ3n) is 4.86. The number of hydrogen-bond donors (Lipinski definition) is 1. The van der Waals surface area contributed by atoms with Crippen LogP contribution in [0.5, 0.6) is 5.75 Å². The van der Waals surface area contributed by atoms with Crippen molar-refractivity contribution in [3.63, 3.8) is 0 Å². The van der Waals surface area contributed by atoms with Gasteiger partial charge in [0.1, 0.15) is 11.8 Å². The molecule has 2 amide bonds. The minimum absolute atomic E-state index is 0.144. The van der Waals surface area contributed by atoms with Crippen LogP contribution in [-0.4, -0.2) is 41.4 Å². The smallest absolute Gasteiger partial charge is 0.261 e. The van der Waals surface area contributed by atoms with Crippen molar-refractivity contribution in [3.05, 3.63) is 64.7 Å². The highest BCUT2D eigenvalue weighted by Crippen LogP contribution is 2.21. The van der Waals surface area contributed by atoms with Gasteiger partial charge in [-0.25, -0.2) is 0 Å². The highest BCUT2D eigenvalue weighted by atomic mass is 35.5. The lowest BCUT2D eigenvalue weighted by atomic mass is 10.1. The van der Waals surface area contributed by atoms with E-state index in [0.717, 1.165) is 11.1 Å². The first-order valence-electron chi connectivity index (χ1n) is 10.6. The van der Waals surface area contributed by atoms with Crippen LogP contribution < -0.4 is 10.1 Å². The molecule has 0 saturated heterocycles. The molecule has 0 fully saturated rings. The van der Waals surface area contributed by atoms with Crippen LogP contribution in [0.15, 0.2) is 48.5 Å². The molecule has 2 rings (SSSR count). The van der Waals surface area contributed by atoms with E-state index in [1.807, 2.05) is 65.0 Å². The Labute approximate surface area is 190 Å². The van der Waals surface area contributed by atoms with Crippen LogP contribution in [0.1, 0.15) is 45.2 Å². The summed E-state index contributed by atoms with van der Waals surface area (Å²) in [4.78, 5) is 27.7. The zero-order chi connectivity index (χ0) is 23.0. The fourth-order valence-electron chi connectivity index (χ4n) is 3.28. The molecule has 1 atom stereocenters. The Morgan fingerprint density at radius 3 is 2.39 bits per heavy atom. The number of carbonyl (C=O) groups excluding carboxylic acids is 2. The van der Waals surface area contributed by atoms with Crippen molar-refractivity contribution in [2.24, 2.45) is 0 Å². The molecule has 0 aliphatic heterocycles. The van der Waals surface area contributed by atoms with Crippen molar-refractivity contribution in [2.45, 2.75) is 59.0 Å². The van der Waals surface area contributed by atoms with E-state index in [-0.39, 0.29) is 24.0 Å². The Kier molecular flexibility index (Phi) is 8.93. The highest BCUT2D eigenvalue weighted by molar-refractivity contribution is 6.31. The van der Waals surface area contributed by atoms with Gasteiger partial charge >= 0.3 is 0 Å². The molecule has 1 N–H and O–H groups in total. The zero-order valence-corrected chi connectivity index (χ0v) is 19.8. The van der Waals surface area contributed by atoms with E-state index >= 15 is 0 Å². The predicted octanol–water partition coefficient (Wildman–Crippen LogP) is 4.79. The monoisotopic (exact) mass is 444 g/mol. The van der Waals surface area contributed by atoms with Gasteiger partial charge in [-0.15, -0.1) is 0 Å². The molecule has 5 nitrogen and oxygen atoms in total. The van der Waals surface area contributed by atoms with Crippen molar-refractivity contribution in [3.8, 4) is 5.75 Å². The first-order chi connectivity index (χ1) is 14.6. The Morgan fingerprint density at radius 2 is 1.81 bits per heavy atom. The Hall–Kier alpha value is -2.53. The molecular weight excluding hydrogens is 412 g/mol. The number of nitrogens with zero attached hydrogens (tertiary/aromatic N) is 1. The van der Waals surface area contributed by atoms with E-state index < -0.39 is 6.04 Å². The summed E-state index contributed by atoms with van der Waals surface area (Å²) >= 11 is 6.07. The van der Waals surface area contributed by atoms with Crippen LogP contribution in [0.3, 0.4) is 0 Å². The maximum Gasteiger partial charge on any atom is 0.261 e. The van der Waals surface area contributed by atoms with Gasteiger partial charge in [0.05, 0.1) is 0 Å². The van der Waals surface area contributed by atoms with Crippen LogP contribution in [0.4, 0.5) is 0 Å². The molecule has 0 aliphatic rings. The van der Waals surface area contributed by atoms with Crippen molar-refractivity contribution < 1.29 is 14.3 Å². The van der Waals surface area contributed by atoms with Crippen molar-refractivity contribution in [1.82, 2.24) is 10.2 Å². The average Bonchev–Trinajstić information content (AvgIpc) is 2.71. The molecule has 0 saturated carbocycles. The van der Waals surface area contributed by atoms with Gasteiger partial charge in [0.15, 0.2) is 6.61 Å². The molecule has 6 heteroatoms. The minimum atomic E-state index is -0.564. The molecule has 31 heavy (non-hydrogen) atoms. The molecular formula is C25H33ClN2O3. The maximum atomic E-state index is 13.2. The predicted molar refractivity (Wildman–Crippen MR) is 126 cm³/mol. The molecule has 2 aromatic carbocycles. The molecule has 0 unspecified atom stereocenters. The number of amides is 2. The summed E-state index contributed by atoms with van der Waals surface area (Å²) in [6.07, 6.45) is 1.18. The van der Waals surface area contributed by atoms with Gasteiger partial charge in [0, 0.05) is 17.1 Å². The molecule has 0 bridgehead atoms. The van der Waals surface area contributed by atoms with Crippen LogP contribution in [0, 0.1) is 6.92 Å². The lowest BCUT2D eigenvalue weighted by Crippen LogP contribution is -2.54. The fourth-order valence-corrected chi connectivity index (χ4v) is 3.40. The zero-order valence-electron chi connectivity index (χ0n) is 19.1. The summed E-state index contributed by atoms with van der Waals surface area (Å²) in [6.45, 7) is 9.88. The Balaban J connectivity index is 2.16. The largest absolute Gasteiger partial charge is 0.484 e. The van der Waals surface area contributed by atoms with E-state index in [1.54, 1.807) is 23.1 Å². The summed E-state index contributed by atoms with van der Waals surface area (Å²) in [5.74, 6) is 0.198. The highest BCUT2D eigenvalue weighted by Gasteiger charge is 2.30. The Bertz CT molecular complexity index is 878. The maximum absolute atomic E-state index is 13.2. The van der Waals surface area contributed by atoms with E-state index in [1.165, 1.54) is 0 Å². The molecule has 0 spiro atoms. The topological polar surface area (TPSA) is 58.6 Å². The van der Waals surface area contributed by atoms with Gasteiger partial charge in [-0.1, -0.05) is 48.9 Å². The van der Waals surface area contributed by atoms with E-state index in [4.69, 9.17) is 16.3 Å². The number of aryl methyl sites for hydroxylation is 1. The fraction of sp³-hybridized carbons (Fsp3) is 0.440. The number of hydrogen-bond acceptors (Lipinski definition) is 3. The third-order valence-corrected chi connectivity index (χ3v) is 5.28. The minimum Gasteiger partial charge on any atom is -0.484 e. The van der Waals surface area contributed by atoms with Crippen molar-refractivity contribution >= 4 is 23.4 Å². The number of carbonyl (C=O) groups is 2. The van der Waals surface area contributed by atoms with Gasteiger partial charge in [0.25, 0.3) is 5.91 Å². The molecule has 0 aromatic heterocycles. The lowest BCUT2D eigenvalue weighted by molar-refractivity contribution is -0.142. The van der Waals surface area contributed by atoms with Gasteiger partial charge in [-0.2, -0.15) is 0 Å². The first-order valence-corrected chi connectivity index (χ1v) is 11.0. The van der Waals surface area contributed by atoms with Crippen LogP contribution in [0.2, 0.25) is 5.02 Å². The summed E-state index contributed by atoms with van der Waals surface area (Å²) in [5, 5.41) is 3.65. The standard InChI is InChI=1S/C25H33ClN2O3/c1-6-22(24(30)27-25(3,4)5)28(15-14-19-10-8-7-9-11-19)23(29)17-31-20-12-13-21(26)18(2)16-20/h7-13,16,22H,6,14-15,17H2,1-5H3,(H,27,30)/t22-/m1/s1. The summed E-state index contributed by atoms with van der Waals surface area (Å²) in [7, 11) is 0. The molecule has 168 valence electrons. The summed E-state index contributed by atoms with van der Waals surface area (Å²) in [6, 6.07) is 14.7. The molecule has 0 aliphatic carbocycles. The number of halogens is 1. The number of nitrogens with one attached hydrogen (secondary N) is 1. The number of benzene rings is 2. The first kappa shape index (κ1) is 24.7. The number of rotatable bonds is 9. The van der Waals surface area contributed by atoms with E-state index in [9.17, 15) is 9.59 Å². The Morgan fingerprint density at radius 1 is 1.13 bits per heavy atom. The van der Waals surface area contributed by atoms with Crippen molar-refractivity contribution in [1.29, 1.82) is 0 Å². The van der Waals surface area contributed by atoms with Gasteiger partial charge in [-0.05, 0) is 69.9 Å². The van der Waals surface area contributed by atoms with E-state index in [2.05, 4.69) is 5.32 Å². The summed E-state index contributed by atoms with van der Waals surface area (Å²) in [5.41, 5.74) is 1.61. The molecule has 0 radical (unpaired) electrons. The average molecular weight is 445 g/mol. The summed E-state index contributed by atoms with van der Waals surface area (Å²) < 4.78 is 5.73.